The summed E-state index contributed by atoms with van der Waals surface area (Å²) in [7, 11) is 1.91. The summed E-state index contributed by atoms with van der Waals surface area (Å²) in [5.74, 6) is 0.833. The molecule has 0 fully saturated rings. The number of imidazole rings is 1. The lowest BCUT2D eigenvalue weighted by molar-refractivity contribution is 0.904. The van der Waals surface area contributed by atoms with Gasteiger partial charge in [-0.25, -0.2) is 4.98 Å². The van der Waals surface area contributed by atoms with Crippen LogP contribution in [-0.2, 0) is 7.05 Å². The number of thiocarbonyl (C=S) groups is 1. The molecule has 2 nitrogen and oxygen atoms in total. The molecule has 3 heteroatoms. The van der Waals surface area contributed by atoms with Crippen molar-refractivity contribution in [3.05, 3.63) is 18.2 Å². The van der Waals surface area contributed by atoms with Gasteiger partial charge in [0.05, 0.1) is 0 Å². The van der Waals surface area contributed by atoms with Crippen LogP contribution in [0.25, 0.3) is 0 Å². The number of hydrogen-bond acceptors (Lipinski definition) is 2. The summed E-state index contributed by atoms with van der Waals surface area (Å²) >= 11 is 4.65. The van der Waals surface area contributed by atoms with Gasteiger partial charge in [0.2, 0.25) is 0 Å². The van der Waals surface area contributed by atoms with Gasteiger partial charge in [-0.1, -0.05) is 12.2 Å². The minimum atomic E-state index is 0.833. The Labute approximate surface area is 53.2 Å². The monoisotopic (exact) mass is 126 g/mol. The van der Waals surface area contributed by atoms with Crippen molar-refractivity contribution in [3.63, 3.8) is 0 Å². The van der Waals surface area contributed by atoms with Crippen LogP contribution in [0.4, 0.5) is 0 Å². The van der Waals surface area contributed by atoms with E-state index in [1.807, 2.05) is 17.8 Å². The van der Waals surface area contributed by atoms with Crippen LogP contribution in [0.5, 0.6) is 0 Å². The van der Waals surface area contributed by atoms with E-state index < -0.39 is 0 Å². The molecule has 1 aromatic rings. The molecule has 8 heavy (non-hydrogen) atoms. The van der Waals surface area contributed by atoms with Gasteiger partial charge in [-0.2, -0.15) is 0 Å². The molecule has 0 radical (unpaired) electrons. The van der Waals surface area contributed by atoms with Gasteiger partial charge in [-0.05, 0) is 0 Å². The maximum absolute atomic E-state index is 4.65. The second-order valence-corrected chi connectivity index (χ2v) is 1.75. The van der Waals surface area contributed by atoms with Crippen molar-refractivity contribution in [2.24, 2.45) is 7.05 Å². The van der Waals surface area contributed by atoms with Gasteiger partial charge >= 0.3 is 0 Å². The van der Waals surface area contributed by atoms with Crippen molar-refractivity contribution in [1.29, 1.82) is 0 Å². The van der Waals surface area contributed by atoms with Crippen LogP contribution in [0.2, 0.25) is 0 Å². The minimum Gasteiger partial charge on any atom is -0.334 e. The maximum atomic E-state index is 4.65. The van der Waals surface area contributed by atoms with Crippen LogP contribution in [0.1, 0.15) is 5.82 Å². The second-order valence-electron chi connectivity index (χ2n) is 1.51. The summed E-state index contributed by atoms with van der Waals surface area (Å²) in [6, 6.07) is 0. The summed E-state index contributed by atoms with van der Waals surface area (Å²) in [6.45, 7) is 0. The summed E-state index contributed by atoms with van der Waals surface area (Å²) in [5.41, 5.74) is 0. The van der Waals surface area contributed by atoms with E-state index in [1.165, 1.54) is 0 Å². The van der Waals surface area contributed by atoms with Crippen LogP contribution in [0.15, 0.2) is 12.4 Å². The van der Waals surface area contributed by atoms with E-state index in [0.717, 1.165) is 5.82 Å². The topological polar surface area (TPSA) is 17.8 Å². The van der Waals surface area contributed by atoms with Crippen molar-refractivity contribution in [2.45, 2.75) is 0 Å². The average Bonchev–Trinajstić information content (AvgIpc) is 2.14. The second kappa shape index (κ2) is 2.05. The fourth-order valence-electron chi connectivity index (χ4n) is 0.491. The molecular weight excluding hydrogens is 120 g/mol. The highest BCUT2D eigenvalue weighted by Crippen LogP contribution is 1.87. The maximum Gasteiger partial charge on any atom is 0.143 e. The quantitative estimate of drug-likeness (QED) is 0.517. The zero-order valence-electron chi connectivity index (χ0n) is 4.53. The summed E-state index contributed by atoms with van der Waals surface area (Å²) in [4.78, 5) is 3.94. The summed E-state index contributed by atoms with van der Waals surface area (Å²) in [6.07, 6.45) is 3.58. The third kappa shape index (κ3) is 0.767. The van der Waals surface area contributed by atoms with E-state index >= 15 is 0 Å². The van der Waals surface area contributed by atoms with Crippen molar-refractivity contribution in [3.8, 4) is 0 Å². The first kappa shape index (κ1) is 5.44. The molecule has 0 amide bonds. The SMILES string of the molecule is Cn1ccnc1C=S. The van der Waals surface area contributed by atoms with Crippen LogP contribution in [0, 0.1) is 0 Å². The Balaban J connectivity index is 3.09. The predicted molar refractivity (Wildman–Crippen MR) is 36.0 cm³/mol. The van der Waals surface area contributed by atoms with Crippen LogP contribution in [0.3, 0.4) is 0 Å². The molecule has 0 atom stereocenters. The lowest BCUT2D eigenvalue weighted by Crippen LogP contribution is -1.92. The Bertz CT molecular complexity index is 192. The van der Waals surface area contributed by atoms with E-state index in [-0.39, 0.29) is 0 Å². The Morgan fingerprint density at radius 1 is 1.88 bits per heavy atom. The fraction of sp³-hybridized carbons (Fsp3) is 0.200. The molecule has 0 saturated carbocycles. The number of aryl methyl sites for hydroxylation is 1. The zero-order valence-corrected chi connectivity index (χ0v) is 5.35. The fourth-order valence-corrected chi connectivity index (χ4v) is 0.718. The van der Waals surface area contributed by atoms with Gasteiger partial charge in [0.15, 0.2) is 0 Å². The first-order chi connectivity index (χ1) is 3.84. The Morgan fingerprint density at radius 2 is 2.62 bits per heavy atom. The molecule has 0 aliphatic rings. The number of nitrogens with zero attached hydrogens (tertiary/aromatic N) is 2. The highest BCUT2D eigenvalue weighted by atomic mass is 32.1. The highest BCUT2D eigenvalue weighted by molar-refractivity contribution is 7.79. The van der Waals surface area contributed by atoms with E-state index in [9.17, 15) is 0 Å². The minimum absolute atomic E-state index is 0.833. The first-order valence-electron chi connectivity index (χ1n) is 2.27. The Kier molecular flexibility index (Phi) is 1.39. The Morgan fingerprint density at radius 3 is 2.88 bits per heavy atom. The zero-order chi connectivity index (χ0) is 5.98. The summed E-state index contributed by atoms with van der Waals surface area (Å²) < 4.78 is 1.87. The predicted octanol–water partition coefficient (Wildman–Crippen LogP) is 0.768. The van der Waals surface area contributed by atoms with Crippen LogP contribution in [-0.4, -0.2) is 14.9 Å². The van der Waals surface area contributed by atoms with Gasteiger partial charge < -0.3 is 4.57 Å². The highest BCUT2D eigenvalue weighted by Gasteiger charge is 1.88. The van der Waals surface area contributed by atoms with E-state index in [1.54, 1.807) is 11.6 Å². The Hall–Kier alpha value is -0.700. The lowest BCUT2D eigenvalue weighted by Gasteiger charge is -1.88. The molecule has 0 aromatic carbocycles. The van der Waals surface area contributed by atoms with Crippen molar-refractivity contribution < 1.29 is 0 Å². The molecule has 0 aliphatic heterocycles. The van der Waals surface area contributed by atoms with Gasteiger partial charge in [-0.15, -0.1) is 0 Å². The molecule has 0 saturated heterocycles. The molecule has 0 bridgehead atoms. The van der Waals surface area contributed by atoms with Crippen LogP contribution < -0.4 is 0 Å². The molecule has 0 N–H and O–H groups in total. The van der Waals surface area contributed by atoms with Crippen molar-refractivity contribution in [1.82, 2.24) is 9.55 Å². The van der Waals surface area contributed by atoms with E-state index in [0.29, 0.717) is 0 Å². The number of rotatable bonds is 1. The summed E-state index contributed by atoms with van der Waals surface area (Å²) in [5, 5.41) is 1.56. The third-order valence-electron chi connectivity index (χ3n) is 0.964. The number of hydrogen-bond donors (Lipinski definition) is 0. The molecule has 1 aromatic heterocycles. The van der Waals surface area contributed by atoms with E-state index in [4.69, 9.17) is 0 Å². The smallest absolute Gasteiger partial charge is 0.143 e. The molecule has 42 valence electrons. The van der Waals surface area contributed by atoms with Gasteiger partial charge in [0, 0.05) is 24.8 Å². The normalized spacial score (nSPS) is 9.12. The van der Waals surface area contributed by atoms with Crippen molar-refractivity contribution >= 4 is 17.6 Å². The van der Waals surface area contributed by atoms with E-state index in [2.05, 4.69) is 17.2 Å². The average molecular weight is 126 g/mol. The molecule has 0 spiro atoms. The van der Waals surface area contributed by atoms with Gasteiger partial charge in [0.1, 0.15) is 5.82 Å². The van der Waals surface area contributed by atoms with Crippen molar-refractivity contribution in [2.75, 3.05) is 0 Å². The van der Waals surface area contributed by atoms with Gasteiger partial charge in [0.25, 0.3) is 0 Å². The largest absolute Gasteiger partial charge is 0.334 e. The molecular formula is C5H6N2S. The molecule has 0 unspecified atom stereocenters. The lowest BCUT2D eigenvalue weighted by atomic mass is 10.7. The number of aromatic nitrogens is 2. The first-order valence-corrected chi connectivity index (χ1v) is 2.74. The van der Waals surface area contributed by atoms with Crippen LogP contribution >= 0.6 is 12.2 Å². The van der Waals surface area contributed by atoms with Gasteiger partial charge in [-0.3, -0.25) is 0 Å². The molecule has 1 rings (SSSR count). The standard InChI is InChI=1S/C5H6N2S/c1-7-3-2-6-5(7)4-8/h2-4H,1H3. The molecule has 0 aliphatic carbocycles. The molecule has 1 heterocycles. The third-order valence-corrected chi connectivity index (χ3v) is 1.17.